The number of thiocarbonyl (C=S) groups is 2. The third-order valence-corrected chi connectivity index (χ3v) is 7.79. The fourth-order valence-corrected chi connectivity index (χ4v) is 6.49. The van der Waals surface area contributed by atoms with E-state index in [1.807, 2.05) is 0 Å². The van der Waals surface area contributed by atoms with E-state index in [-0.39, 0.29) is 22.0 Å². The molecule has 36 heavy (non-hydrogen) atoms. The number of aryl methyl sites for hydroxylation is 1. The Labute approximate surface area is 231 Å². The van der Waals surface area contributed by atoms with E-state index in [1.165, 1.54) is 62.5 Å². The minimum absolute atomic E-state index is 0.0156. The zero-order valence-electron chi connectivity index (χ0n) is 23.4. The summed E-state index contributed by atoms with van der Waals surface area (Å²) >= 11 is 10.6. The average molecular weight is 535 g/mol. The van der Waals surface area contributed by atoms with E-state index in [1.54, 1.807) is 0 Å². The van der Waals surface area contributed by atoms with Crippen molar-refractivity contribution in [2.24, 2.45) is 10.8 Å². The molecule has 2 atom stereocenters. The molecule has 1 aliphatic rings. The topological polar surface area (TPSA) is 53.5 Å². The number of aliphatic hydroxyl groups excluding tert-OH is 1. The molecule has 1 aromatic rings. The lowest BCUT2D eigenvalue weighted by molar-refractivity contribution is 0.0785. The molecule has 4 nitrogen and oxygen atoms in total. The standard InChI is InChI=1S/C30H50N2O2S2/c1-6-8-10-12-15-23-16-14-18-26(25(23)17-13-11-9-7-2)34-28(36)31-22-30(5)20-24(32-27(33)35)19-29(3,4)21-30/h14,16,18,24H,6-13,15,17,19-22H2,1-5H3,(H,31,36)(H2,32,33,35). The van der Waals surface area contributed by atoms with Gasteiger partial charge in [-0.1, -0.05) is 85.3 Å². The van der Waals surface area contributed by atoms with E-state index in [2.05, 4.69) is 63.5 Å². The molecular weight excluding hydrogens is 484 g/mol. The number of hydrogen-bond acceptors (Lipinski definition) is 3. The van der Waals surface area contributed by atoms with E-state index < -0.39 is 0 Å². The number of rotatable bonds is 14. The van der Waals surface area contributed by atoms with Gasteiger partial charge in [0.05, 0.1) is 0 Å². The van der Waals surface area contributed by atoms with Gasteiger partial charge in [0.15, 0.2) is 0 Å². The number of hydrogen-bond donors (Lipinski definition) is 3. The van der Waals surface area contributed by atoms with Crippen molar-refractivity contribution >= 4 is 34.8 Å². The van der Waals surface area contributed by atoms with Crippen molar-refractivity contribution in [3.8, 4) is 5.75 Å². The minimum Gasteiger partial charge on any atom is -0.487 e. The second kappa shape index (κ2) is 15.1. The number of benzene rings is 1. The lowest BCUT2D eigenvalue weighted by atomic mass is 9.62. The zero-order chi connectivity index (χ0) is 26.6. The molecule has 2 rings (SSSR count). The number of aliphatic hydroxyl groups is 1. The van der Waals surface area contributed by atoms with Gasteiger partial charge in [-0.25, -0.2) is 0 Å². The molecule has 0 spiro atoms. The van der Waals surface area contributed by atoms with Crippen LogP contribution in [0.5, 0.6) is 5.75 Å². The summed E-state index contributed by atoms with van der Waals surface area (Å²) in [5.74, 6) is 0.913. The first-order chi connectivity index (χ1) is 17.1. The van der Waals surface area contributed by atoms with Gasteiger partial charge in [0.25, 0.3) is 10.3 Å². The first kappa shape index (κ1) is 30.8. The maximum atomic E-state index is 9.61. The van der Waals surface area contributed by atoms with Crippen LogP contribution >= 0.6 is 24.4 Å². The molecule has 1 fully saturated rings. The first-order valence-corrected chi connectivity index (χ1v) is 14.9. The monoisotopic (exact) mass is 534 g/mol. The van der Waals surface area contributed by atoms with Gasteiger partial charge in [0, 0.05) is 12.6 Å². The molecule has 2 unspecified atom stereocenters. The maximum Gasteiger partial charge on any atom is 0.262 e. The minimum atomic E-state index is -0.118. The van der Waals surface area contributed by atoms with Crippen LogP contribution in [0.15, 0.2) is 18.2 Å². The lowest BCUT2D eigenvalue weighted by Gasteiger charge is -2.47. The molecule has 0 saturated heterocycles. The number of ether oxygens (including phenoxy) is 1. The summed E-state index contributed by atoms with van der Waals surface area (Å²) in [6.45, 7) is 12.1. The summed E-state index contributed by atoms with van der Waals surface area (Å²) in [6.07, 6.45) is 15.1. The van der Waals surface area contributed by atoms with Gasteiger partial charge in [-0.2, -0.15) is 0 Å². The van der Waals surface area contributed by atoms with Gasteiger partial charge in [-0.15, -0.1) is 0 Å². The molecule has 6 heteroatoms. The summed E-state index contributed by atoms with van der Waals surface area (Å²) in [7, 11) is 0. The van der Waals surface area contributed by atoms with Gasteiger partial charge < -0.3 is 20.5 Å². The van der Waals surface area contributed by atoms with Crippen molar-refractivity contribution in [2.45, 2.75) is 124 Å². The Kier molecular flexibility index (Phi) is 12.9. The maximum absolute atomic E-state index is 9.61. The van der Waals surface area contributed by atoms with Gasteiger partial charge in [0.2, 0.25) is 0 Å². The van der Waals surface area contributed by atoms with Crippen LogP contribution < -0.4 is 15.4 Å². The summed E-state index contributed by atoms with van der Waals surface area (Å²) < 4.78 is 6.29. The molecule has 0 heterocycles. The van der Waals surface area contributed by atoms with Crippen LogP contribution in [0.2, 0.25) is 0 Å². The van der Waals surface area contributed by atoms with Crippen LogP contribution in [-0.2, 0) is 12.8 Å². The van der Waals surface area contributed by atoms with E-state index in [9.17, 15) is 5.11 Å². The van der Waals surface area contributed by atoms with Gasteiger partial charge in [-0.05, 0) is 97.4 Å². The molecule has 1 saturated carbocycles. The Balaban J connectivity index is 2.05. The van der Waals surface area contributed by atoms with Crippen molar-refractivity contribution in [3.05, 3.63) is 29.3 Å². The molecule has 1 aromatic carbocycles. The van der Waals surface area contributed by atoms with Crippen LogP contribution in [0.25, 0.3) is 0 Å². The molecule has 0 bridgehead atoms. The van der Waals surface area contributed by atoms with E-state index in [4.69, 9.17) is 29.2 Å². The smallest absolute Gasteiger partial charge is 0.262 e. The Bertz CT molecular complexity index is 842. The quantitative estimate of drug-likeness (QED) is 0.165. The van der Waals surface area contributed by atoms with E-state index >= 15 is 0 Å². The van der Waals surface area contributed by atoms with Crippen molar-refractivity contribution < 1.29 is 9.84 Å². The summed E-state index contributed by atoms with van der Waals surface area (Å²) in [4.78, 5) is 0. The molecule has 3 N–H and O–H groups in total. The first-order valence-electron chi connectivity index (χ1n) is 14.1. The highest BCUT2D eigenvalue weighted by molar-refractivity contribution is 7.80. The summed E-state index contributed by atoms with van der Waals surface area (Å²) in [5, 5.41) is 16.4. The molecule has 0 amide bonds. The largest absolute Gasteiger partial charge is 0.487 e. The Morgan fingerprint density at radius 3 is 2.28 bits per heavy atom. The fourth-order valence-electron chi connectivity index (χ4n) is 6.16. The predicted octanol–water partition coefficient (Wildman–Crippen LogP) is 8.20. The predicted molar refractivity (Wildman–Crippen MR) is 161 cm³/mol. The normalized spacial score (nSPS) is 21.1. The average Bonchev–Trinajstić information content (AvgIpc) is 2.77. The van der Waals surface area contributed by atoms with Crippen molar-refractivity contribution in [2.75, 3.05) is 6.54 Å². The molecule has 204 valence electrons. The molecule has 0 aliphatic heterocycles. The zero-order valence-corrected chi connectivity index (χ0v) is 25.0. The van der Waals surface area contributed by atoms with Crippen molar-refractivity contribution in [1.82, 2.24) is 10.6 Å². The summed E-state index contributed by atoms with van der Waals surface area (Å²) in [6, 6.07) is 6.62. The van der Waals surface area contributed by atoms with Crippen molar-refractivity contribution in [3.63, 3.8) is 0 Å². The highest BCUT2D eigenvalue weighted by atomic mass is 32.1. The molecular formula is C30H50N2O2S2. The number of unbranched alkanes of at least 4 members (excludes halogenated alkanes) is 6. The van der Waals surface area contributed by atoms with Crippen molar-refractivity contribution in [1.29, 1.82) is 0 Å². The van der Waals surface area contributed by atoms with E-state index in [0.29, 0.717) is 5.17 Å². The third kappa shape index (κ3) is 10.9. The van der Waals surface area contributed by atoms with Gasteiger partial charge in [0.1, 0.15) is 5.75 Å². The van der Waals surface area contributed by atoms with Crippen LogP contribution in [0.1, 0.15) is 116 Å². The second-order valence-electron chi connectivity index (χ2n) is 12.0. The van der Waals surface area contributed by atoms with Crippen LogP contribution in [0, 0.1) is 10.8 Å². The molecule has 1 aliphatic carbocycles. The lowest BCUT2D eigenvalue weighted by Crippen LogP contribution is -2.50. The summed E-state index contributed by atoms with van der Waals surface area (Å²) in [5.41, 5.74) is 2.91. The SMILES string of the molecule is CCCCCCc1cccc(OC(=S)NCC2(C)CC(NC(O)=S)CC(C)(C)C2)c1CCCCCC. The van der Waals surface area contributed by atoms with Crippen LogP contribution in [0.4, 0.5) is 0 Å². The Morgan fingerprint density at radius 2 is 1.64 bits per heavy atom. The Hall–Kier alpha value is -1.40. The van der Waals surface area contributed by atoms with Gasteiger partial charge in [-0.3, -0.25) is 0 Å². The molecule has 0 radical (unpaired) electrons. The third-order valence-electron chi connectivity index (χ3n) is 7.44. The van der Waals surface area contributed by atoms with E-state index in [0.717, 1.165) is 44.4 Å². The highest BCUT2D eigenvalue weighted by Gasteiger charge is 2.41. The highest BCUT2D eigenvalue weighted by Crippen LogP contribution is 2.45. The van der Waals surface area contributed by atoms with Crippen LogP contribution in [-0.4, -0.2) is 28.0 Å². The second-order valence-corrected chi connectivity index (χ2v) is 12.7. The van der Waals surface area contributed by atoms with Crippen LogP contribution in [0.3, 0.4) is 0 Å². The van der Waals surface area contributed by atoms with Gasteiger partial charge >= 0.3 is 0 Å². The fraction of sp³-hybridized carbons (Fsp3) is 0.733. The molecule has 0 aromatic heterocycles. The Morgan fingerprint density at radius 1 is 0.972 bits per heavy atom. The number of nitrogens with one attached hydrogen (secondary N) is 2.